The first kappa shape index (κ1) is 13.1. The minimum Gasteiger partial charge on any atom is -0.399 e. The Kier molecular flexibility index (Phi) is 3.80. The predicted molar refractivity (Wildman–Crippen MR) is 83.6 cm³/mol. The lowest BCUT2D eigenvalue weighted by molar-refractivity contribution is 1.09. The van der Waals surface area contributed by atoms with Crippen molar-refractivity contribution in [2.45, 2.75) is 0 Å². The van der Waals surface area contributed by atoms with Crippen LogP contribution in [0.3, 0.4) is 0 Å². The Bertz CT molecular complexity index is 517. The number of hydrogen-bond donors (Lipinski definition) is 2. The molecule has 0 amide bonds. The van der Waals surface area contributed by atoms with Crippen LogP contribution in [0.5, 0.6) is 0 Å². The summed E-state index contributed by atoms with van der Waals surface area (Å²) in [6.45, 7) is 0. The first-order valence-electron chi connectivity index (χ1n) is 6.19. The number of hydrogen-bond acceptors (Lipinski definition) is 4. The summed E-state index contributed by atoms with van der Waals surface area (Å²) < 4.78 is 0. The van der Waals surface area contributed by atoms with Crippen molar-refractivity contribution in [1.29, 1.82) is 0 Å². The van der Waals surface area contributed by atoms with Gasteiger partial charge in [-0.3, -0.25) is 10.4 Å². The zero-order chi connectivity index (χ0) is 13.8. The first-order valence-corrected chi connectivity index (χ1v) is 6.19. The summed E-state index contributed by atoms with van der Waals surface area (Å²) in [7, 11) is 6.04. The van der Waals surface area contributed by atoms with E-state index in [9.17, 15) is 0 Å². The van der Waals surface area contributed by atoms with Crippen LogP contribution < -0.4 is 21.1 Å². The highest BCUT2D eigenvalue weighted by molar-refractivity contribution is 5.60. The Balaban J connectivity index is 2.06. The van der Waals surface area contributed by atoms with E-state index >= 15 is 0 Å². The highest BCUT2D eigenvalue weighted by atomic mass is 15.5. The van der Waals surface area contributed by atoms with Crippen LogP contribution in [0.2, 0.25) is 0 Å². The van der Waals surface area contributed by atoms with Crippen molar-refractivity contribution in [3.63, 3.8) is 0 Å². The number of nitrogens with zero attached hydrogens (tertiary/aromatic N) is 2. The molecule has 0 unspecified atom stereocenters. The SMILES string of the molecule is CN(C)c1ccc(NN(C)c2ccc(N)cc2)cc1. The Morgan fingerprint density at radius 3 is 1.84 bits per heavy atom. The Hall–Kier alpha value is -2.36. The average molecular weight is 256 g/mol. The van der Waals surface area contributed by atoms with E-state index in [-0.39, 0.29) is 0 Å². The van der Waals surface area contributed by atoms with Gasteiger partial charge in [0.1, 0.15) is 0 Å². The fourth-order valence-corrected chi connectivity index (χ4v) is 1.79. The highest BCUT2D eigenvalue weighted by Gasteiger charge is 2.01. The van der Waals surface area contributed by atoms with Crippen molar-refractivity contribution in [2.75, 3.05) is 42.2 Å². The molecule has 0 fully saturated rings. The van der Waals surface area contributed by atoms with Gasteiger partial charge in [0.2, 0.25) is 0 Å². The van der Waals surface area contributed by atoms with Crippen LogP contribution in [0.4, 0.5) is 22.7 Å². The van der Waals surface area contributed by atoms with Crippen LogP contribution in [0.1, 0.15) is 0 Å². The molecule has 0 aromatic heterocycles. The molecule has 0 aliphatic carbocycles. The van der Waals surface area contributed by atoms with Crippen molar-refractivity contribution < 1.29 is 0 Å². The van der Waals surface area contributed by atoms with Gasteiger partial charge >= 0.3 is 0 Å². The molecule has 2 aromatic carbocycles. The molecular weight excluding hydrogens is 236 g/mol. The Morgan fingerprint density at radius 2 is 1.32 bits per heavy atom. The molecule has 0 saturated heterocycles. The van der Waals surface area contributed by atoms with E-state index in [0.717, 1.165) is 17.1 Å². The fraction of sp³-hybridized carbons (Fsp3) is 0.200. The molecule has 0 aliphatic rings. The summed E-state index contributed by atoms with van der Waals surface area (Å²) in [4.78, 5) is 2.08. The van der Waals surface area contributed by atoms with Gasteiger partial charge in [-0.05, 0) is 48.5 Å². The first-order chi connectivity index (χ1) is 9.06. The number of nitrogen functional groups attached to an aromatic ring is 1. The lowest BCUT2D eigenvalue weighted by atomic mass is 10.2. The zero-order valence-corrected chi connectivity index (χ0v) is 11.6. The lowest BCUT2D eigenvalue weighted by Gasteiger charge is -2.22. The highest BCUT2D eigenvalue weighted by Crippen LogP contribution is 2.19. The van der Waals surface area contributed by atoms with E-state index in [0.29, 0.717) is 0 Å². The number of rotatable bonds is 4. The van der Waals surface area contributed by atoms with Crippen molar-refractivity contribution >= 4 is 22.7 Å². The summed E-state index contributed by atoms with van der Waals surface area (Å²) in [5.41, 5.74) is 13.1. The van der Waals surface area contributed by atoms with Gasteiger partial charge in [0.05, 0.1) is 11.4 Å². The van der Waals surface area contributed by atoms with Crippen LogP contribution in [0, 0.1) is 0 Å². The molecule has 0 saturated carbocycles. The van der Waals surface area contributed by atoms with Gasteiger partial charge in [-0.25, -0.2) is 0 Å². The predicted octanol–water partition coefficient (Wildman–Crippen LogP) is 2.80. The van der Waals surface area contributed by atoms with Crippen molar-refractivity contribution in [1.82, 2.24) is 0 Å². The molecular formula is C15H20N4. The Morgan fingerprint density at radius 1 is 0.789 bits per heavy atom. The summed E-state index contributed by atoms with van der Waals surface area (Å²) in [5.74, 6) is 0. The summed E-state index contributed by atoms with van der Waals surface area (Å²) >= 11 is 0. The smallest absolute Gasteiger partial charge is 0.0570 e. The van der Waals surface area contributed by atoms with E-state index in [1.807, 2.05) is 50.4 Å². The number of anilines is 4. The molecule has 2 rings (SSSR count). The zero-order valence-electron chi connectivity index (χ0n) is 11.6. The fourth-order valence-electron chi connectivity index (χ4n) is 1.79. The molecule has 100 valence electrons. The third-order valence-corrected chi connectivity index (χ3v) is 2.96. The number of nitrogens with one attached hydrogen (secondary N) is 1. The molecule has 4 nitrogen and oxygen atoms in total. The normalized spacial score (nSPS) is 10.1. The van der Waals surface area contributed by atoms with E-state index < -0.39 is 0 Å². The van der Waals surface area contributed by atoms with Gasteiger partial charge in [0.25, 0.3) is 0 Å². The molecule has 4 heteroatoms. The van der Waals surface area contributed by atoms with Gasteiger partial charge in [-0.15, -0.1) is 0 Å². The summed E-state index contributed by atoms with van der Waals surface area (Å²) in [6.07, 6.45) is 0. The third kappa shape index (κ3) is 3.31. The minimum absolute atomic E-state index is 0.771. The number of hydrazine groups is 1. The molecule has 3 N–H and O–H groups in total. The second-order valence-corrected chi connectivity index (χ2v) is 4.70. The van der Waals surface area contributed by atoms with E-state index in [1.165, 1.54) is 5.69 Å². The van der Waals surface area contributed by atoms with Gasteiger partial charge in [-0.2, -0.15) is 0 Å². The van der Waals surface area contributed by atoms with E-state index in [4.69, 9.17) is 5.73 Å². The second-order valence-electron chi connectivity index (χ2n) is 4.70. The molecule has 0 atom stereocenters. The molecule has 0 radical (unpaired) electrons. The maximum absolute atomic E-state index is 5.68. The van der Waals surface area contributed by atoms with Gasteiger partial charge < -0.3 is 10.6 Å². The summed E-state index contributed by atoms with van der Waals surface area (Å²) in [6, 6.07) is 16.0. The van der Waals surface area contributed by atoms with Crippen LogP contribution >= 0.6 is 0 Å². The monoisotopic (exact) mass is 256 g/mol. The maximum atomic E-state index is 5.68. The quantitative estimate of drug-likeness (QED) is 0.652. The van der Waals surface area contributed by atoms with E-state index in [1.54, 1.807) is 0 Å². The van der Waals surface area contributed by atoms with Gasteiger partial charge in [0, 0.05) is 32.5 Å². The molecule has 0 bridgehead atoms. The topological polar surface area (TPSA) is 44.5 Å². The Labute approximate surface area is 114 Å². The minimum atomic E-state index is 0.771. The standard InChI is InChI=1S/C15H20N4/c1-18(2)14-10-6-13(7-11-14)17-19(3)15-8-4-12(16)5-9-15/h4-11,17H,16H2,1-3H3. The van der Waals surface area contributed by atoms with Crippen molar-refractivity contribution in [3.8, 4) is 0 Å². The van der Waals surface area contributed by atoms with Crippen LogP contribution in [0.15, 0.2) is 48.5 Å². The molecule has 2 aromatic rings. The number of benzene rings is 2. The molecule has 19 heavy (non-hydrogen) atoms. The molecule has 0 spiro atoms. The van der Waals surface area contributed by atoms with Crippen molar-refractivity contribution in [2.24, 2.45) is 0 Å². The van der Waals surface area contributed by atoms with Gasteiger partial charge in [-0.1, -0.05) is 0 Å². The van der Waals surface area contributed by atoms with Gasteiger partial charge in [0.15, 0.2) is 0 Å². The van der Waals surface area contributed by atoms with Crippen molar-refractivity contribution in [3.05, 3.63) is 48.5 Å². The molecule has 0 aliphatic heterocycles. The summed E-state index contributed by atoms with van der Waals surface area (Å²) in [5, 5.41) is 1.96. The van der Waals surface area contributed by atoms with Crippen LogP contribution in [0.25, 0.3) is 0 Å². The average Bonchev–Trinajstić information content (AvgIpc) is 2.40. The largest absolute Gasteiger partial charge is 0.399 e. The van der Waals surface area contributed by atoms with Crippen LogP contribution in [-0.2, 0) is 0 Å². The van der Waals surface area contributed by atoms with Crippen LogP contribution in [-0.4, -0.2) is 21.1 Å². The third-order valence-electron chi connectivity index (χ3n) is 2.96. The lowest BCUT2D eigenvalue weighted by Crippen LogP contribution is -2.24. The maximum Gasteiger partial charge on any atom is 0.0570 e. The number of nitrogens with two attached hydrogens (primary N) is 1. The van der Waals surface area contributed by atoms with E-state index in [2.05, 4.69) is 34.6 Å². The second kappa shape index (κ2) is 5.52. The molecule has 0 heterocycles.